The van der Waals surface area contributed by atoms with E-state index in [4.69, 9.17) is 15.9 Å². The van der Waals surface area contributed by atoms with Crippen LogP contribution in [0.25, 0.3) is 10.9 Å². The van der Waals surface area contributed by atoms with Gasteiger partial charge in [0.25, 0.3) is 9.05 Å². The maximum Gasteiger partial charge on any atom is 0.263 e. The molecule has 1 heterocycles. The first-order valence-electron chi connectivity index (χ1n) is 6.29. The third-order valence-electron chi connectivity index (χ3n) is 3.36. The predicted octanol–water partition coefficient (Wildman–Crippen LogP) is 3.65. The summed E-state index contributed by atoms with van der Waals surface area (Å²) in [5.41, 5.74) is -0.104. The molecule has 0 N–H and O–H groups in total. The van der Waals surface area contributed by atoms with E-state index >= 15 is 0 Å². The molecule has 1 aromatic heterocycles. The van der Waals surface area contributed by atoms with Crippen molar-refractivity contribution in [3.8, 4) is 6.07 Å². The summed E-state index contributed by atoms with van der Waals surface area (Å²) in [6.07, 6.45) is 1.83. The van der Waals surface area contributed by atoms with E-state index in [1.165, 1.54) is 18.3 Å². The molecular formula is C14H14ClFN2O2S. The summed E-state index contributed by atoms with van der Waals surface area (Å²) >= 11 is 0. The SMILES string of the molecule is CC(C)(C#N)CCn1cc(S(=O)(=O)Cl)c2c(F)cccc21. The Morgan fingerprint density at radius 3 is 2.67 bits per heavy atom. The fourth-order valence-electron chi connectivity index (χ4n) is 2.10. The van der Waals surface area contributed by atoms with Gasteiger partial charge in [-0.05, 0) is 32.4 Å². The molecule has 0 amide bonds. The maximum absolute atomic E-state index is 13.9. The molecule has 0 bridgehead atoms. The lowest BCUT2D eigenvalue weighted by atomic mass is 9.91. The topological polar surface area (TPSA) is 62.9 Å². The number of aromatic nitrogens is 1. The first kappa shape index (κ1) is 15.8. The molecule has 0 radical (unpaired) electrons. The Labute approximate surface area is 127 Å². The second-order valence-corrected chi connectivity index (χ2v) is 8.04. The summed E-state index contributed by atoms with van der Waals surface area (Å²) in [4.78, 5) is -0.243. The van der Waals surface area contributed by atoms with Gasteiger partial charge in [0.15, 0.2) is 0 Å². The van der Waals surface area contributed by atoms with E-state index in [9.17, 15) is 12.8 Å². The lowest BCUT2D eigenvalue weighted by molar-refractivity contribution is 0.417. The number of rotatable bonds is 4. The quantitative estimate of drug-likeness (QED) is 0.805. The minimum atomic E-state index is -4.04. The van der Waals surface area contributed by atoms with Crippen LogP contribution in [0.4, 0.5) is 4.39 Å². The molecule has 0 unspecified atom stereocenters. The summed E-state index contributed by atoms with van der Waals surface area (Å²) in [5.74, 6) is -0.634. The Morgan fingerprint density at radius 2 is 2.10 bits per heavy atom. The molecule has 1 aromatic carbocycles. The number of nitrogens with zero attached hydrogens (tertiary/aromatic N) is 2. The fourth-order valence-corrected chi connectivity index (χ4v) is 3.15. The van der Waals surface area contributed by atoms with Gasteiger partial charge < -0.3 is 4.57 Å². The lowest BCUT2D eigenvalue weighted by Gasteiger charge is -2.15. The van der Waals surface area contributed by atoms with Crippen LogP contribution in [-0.2, 0) is 15.6 Å². The maximum atomic E-state index is 13.9. The number of aryl methyl sites for hydroxylation is 1. The molecule has 0 saturated carbocycles. The van der Waals surface area contributed by atoms with Crippen LogP contribution in [0.15, 0.2) is 29.3 Å². The molecule has 0 aliphatic carbocycles. The molecule has 2 aromatic rings. The molecular weight excluding hydrogens is 315 g/mol. The van der Waals surface area contributed by atoms with Gasteiger partial charge in [-0.2, -0.15) is 5.26 Å². The average molecular weight is 329 g/mol. The van der Waals surface area contributed by atoms with E-state index in [1.54, 1.807) is 24.5 Å². The van der Waals surface area contributed by atoms with Gasteiger partial charge in [-0.15, -0.1) is 0 Å². The number of nitriles is 1. The van der Waals surface area contributed by atoms with Crippen molar-refractivity contribution >= 4 is 30.6 Å². The van der Waals surface area contributed by atoms with Gasteiger partial charge in [-0.3, -0.25) is 0 Å². The smallest absolute Gasteiger partial charge is 0.263 e. The van der Waals surface area contributed by atoms with E-state index in [1.807, 2.05) is 0 Å². The number of halogens is 2. The van der Waals surface area contributed by atoms with Gasteiger partial charge in [-0.1, -0.05) is 6.07 Å². The van der Waals surface area contributed by atoms with Gasteiger partial charge in [-0.25, -0.2) is 12.8 Å². The summed E-state index contributed by atoms with van der Waals surface area (Å²) in [6.45, 7) is 3.98. The largest absolute Gasteiger partial charge is 0.346 e. The summed E-state index contributed by atoms with van der Waals surface area (Å²) < 4.78 is 38.8. The van der Waals surface area contributed by atoms with Crippen molar-refractivity contribution in [3.63, 3.8) is 0 Å². The Hall–Kier alpha value is -1.58. The molecule has 0 aliphatic heterocycles. The van der Waals surface area contributed by atoms with Crippen molar-refractivity contribution < 1.29 is 12.8 Å². The average Bonchev–Trinajstić information content (AvgIpc) is 2.77. The molecule has 21 heavy (non-hydrogen) atoms. The van der Waals surface area contributed by atoms with Crippen LogP contribution in [0.1, 0.15) is 20.3 Å². The highest BCUT2D eigenvalue weighted by atomic mass is 35.7. The summed E-state index contributed by atoms with van der Waals surface area (Å²) in [7, 11) is 1.34. The first-order valence-corrected chi connectivity index (χ1v) is 8.60. The number of benzene rings is 1. The summed E-state index contributed by atoms with van der Waals surface area (Å²) in [5, 5.41) is 9.02. The molecule has 7 heteroatoms. The van der Waals surface area contributed by atoms with Gasteiger partial charge in [0.2, 0.25) is 0 Å². The van der Waals surface area contributed by atoms with E-state index in [0.29, 0.717) is 18.5 Å². The zero-order chi connectivity index (χ0) is 15.8. The van der Waals surface area contributed by atoms with Crippen molar-refractivity contribution in [3.05, 3.63) is 30.2 Å². The minimum Gasteiger partial charge on any atom is -0.346 e. The predicted molar refractivity (Wildman–Crippen MR) is 78.9 cm³/mol. The Balaban J connectivity index is 2.57. The van der Waals surface area contributed by atoms with Crippen LogP contribution in [-0.4, -0.2) is 13.0 Å². The number of fused-ring (bicyclic) bond motifs is 1. The molecule has 0 aliphatic rings. The van der Waals surface area contributed by atoms with Gasteiger partial charge >= 0.3 is 0 Å². The van der Waals surface area contributed by atoms with E-state index in [-0.39, 0.29) is 10.3 Å². The Morgan fingerprint density at radius 1 is 1.43 bits per heavy atom. The van der Waals surface area contributed by atoms with E-state index < -0.39 is 20.3 Å². The molecule has 4 nitrogen and oxygen atoms in total. The molecule has 0 fully saturated rings. The van der Waals surface area contributed by atoms with Crippen molar-refractivity contribution in [2.75, 3.05) is 0 Å². The normalized spacial score (nSPS) is 12.5. The number of hydrogen-bond donors (Lipinski definition) is 0. The Kier molecular flexibility index (Phi) is 4.00. The molecule has 112 valence electrons. The molecule has 0 atom stereocenters. The zero-order valence-corrected chi connectivity index (χ0v) is 13.2. The summed E-state index contributed by atoms with van der Waals surface area (Å²) in [6, 6.07) is 6.50. The van der Waals surface area contributed by atoms with Crippen LogP contribution in [0.2, 0.25) is 0 Å². The lowest BCUT2D eigenvalue weighted by Crippen LogP contribution is -2.11. The second kappa shape index (κ2) is 5.32. The third kappa shape index (κ3) is 3.20. The molecule has 0 spiro atoms. The third-order valence-corrected chi connectivity index (χ3v) is 4.70. The second-order valence-electron chi connectivity index (χ2n) is 5.50. The number of hydrogen-bond acceptors (Lipinski definition) is 3. The van der Waals surface area contributed by atoms with Crippen molar-refractivity contribution in [2.24, 2.45) is 5.41 Å². The van der Waals surface area contributed by atoms with Gasteiger partial charge in [0, 0.05) is 23.4 Å². The van der Waals surface area contributed by atoms with Crippen molar-refractivity contribution in [1.82, 2.24) is 4.57 Å². The highest BCUT2D eigenvalue weighted by molar-refractivity contribution is 8.14. The van der Waals surface area contributed by atoms with Crippen LogP contribution < -0.4 is 0 Å². The minimum absolute atomic E-state index is 0.0118. The standard InChI is InChI=1S/C14H14ClFN2O2S/c1-14(2,9-17)6-7-18-8-12(21(15,19)20)13-10(16)4-3-5-11(13)18/h3-5,8H,6-7H2,1-2H3. The zero-order valence-electron chi connectivity index (χ0n) is 11.6. The van der Waals surface area contributed by atoms with Crippen LogP contribution in [0.3, 0.4) is 0 Å². The Bertz CT molecular complexity index is 835. The van der Waals surface area contributed by atoms with Crippen LogP contribution in [0, 0.1) is 22.6 Å². The highest BCUT2D eigenvalue weighted by Gasteiger charge is 2.23. The molecule has 2 rings (SSSR count). The van der Waals surface area contributed by atoms with Gasteiger partial charge in [0.05, 0.1) is 22.4 Å². The van der Waals surface area contributed by atoms with Crippen molar-refractivity contribution in [2.45, 2.75) is 31.7 Å². The first-order chi connectivity index (χ1) is 9.65. The van der Waals surface area contributed by atoms with Crippen LogP contribution in [0.5, 0.6) is 0 Å². The van der Waals surface area contributed by atoms with E-state index in [2.05, 4.69) is 6.07 Å². The highest BCUT2D eigenvalue weighted by Crippen LogP contribution is 2.31. The van der Waals surface area contributed by atoms with Gasteiger partial charge in [0.1, 0.15) is 10.7 Å². The fraction of sp³-hybridized carbons (Fsp3) is 0.357. The molecule has 0 saturated heterocycles. The van der Waals surface area contributed by atoms with Crippen molar-refractivity contribution in [1.29, 1.82) is 5.26 Å². The van der Waals surface area contributed by atoms with Crippen LogP contribution >= 0.6 is 10.7 Å². The van der Waals surface area contributed by atoms with E-state index in [0.717, 1.165) is 0 Å². The monoisotopic (exact) mass is 328 g/mol.